The second kappa shape index (κ2) is 4.27. The van der Waals surface area contributed by atoms with Crippen molar-refractivity contribution >= 4 is 22.8 Å². The maximum Gasteiger partial charge on any atom is 0.330 e. The highest BCUT2D eigenvalue weighted by molar-refractivity contribution is 7.09. The topological polar surface area (TPSA) is 85.9 Å². The van der Waals surface area contributed by atoms with E-state index in [0.29, 0.717) is 6.54 Å². The van der Waals surface area contributed by atoms with Gasteiger partial charge in [-0.3, -0.25) is 14.8 Å². The van der Waals surface area contributed by atoms with Crippen molar-refractivity contribution in [2.75, 3.05) is 5.32 Å². The summed E-state index contributed by atoms with van der Waals surface area (Å²) in [5.41, 5.74) is -0.0287. The SMILES string of the molecule is Cn1cc([N+](=O)[O-])c(NCc2nccs2)n1. The molecule has 0 unspecified atom stereocenters. The largest absolute Gasteiger partial charge is 0.356 e. The average Bonchev–Trinajstić information content (AvgIpc) is 2.83. The highest BCUT2D eigenvalue weighted by Crippen LogP contribution is 2.22. The van der Waals surface area contributed by atoms with E-state index in [0.717, 1.165) is 5.01 Å². The monoisotopic (exact) mass is 239 g/mol. The van der Waals surface area contributed by atoms with Crippen LogP contribution in [-0.2, 0) is 13.6 Å². The summed E-state index contributed by atoms with van der Waals surface area (Å²) in [6.45, 7) is 0.440. The third-order valence-corrected chi connectivity index (χ3v) is 2.68. The van der Waals surface area contributed by atoms with Crippen molar-refractivity contribution in [3.05, 3.63) is 32.9 Å². The number of aromatic nitrogens is 3. The summed E-state index contributed by atoms with van der Waals surface area (Å²) in [4.78, 5) is 14.3. The smallest absolute Gasteiger partial charge is 0.330 e. The zero-order chi connectivity index (χ0) is 11.5. The minimum Gasteiger partial charge on any atom is -0.356 e. The first-order valence-corrected chi connectivity index (χ1v) is 5.35. The zero-order valence-electron chi connectivity index (χ0n) is 8.45. The van der Waals surface area contributed by atoms with Gasteiger partial charge in [0, 0.05) is 18.6 Å². The van der Waals surface area contributed by atoms with Gasteiger partial charge in [0.1, 0.15) is 11.2 Å². The van der Waals surface area contributed by atoms with Crippen LogP contribution in [0.1, 0.15) is 5.01 Å². The molecule has 1 N–H and O–H groups in total. The molecule has 0 atom stereocenters. The second-order valence-electron chi connectivity index (χ2n) is 3.07. The number of aryl methyl sites for hydroxylation is 1. The van der Waals surface area contributed by atoms with Crippen LogP contribution in [-0.4, -0.2) is 19.7 Å². The van der Waals surface area contributed by atoms with E-state index in [9.17, 15) is 10.1 Å². The number of rotatable bonds is 4. The van der Waals surface area contributed by atoms with E-state index >= 15 is 0 Å². The number of thiazole rings is 1. The van der Waals surface area contributed by atoms with Gasteiger partial charge in [0.05, 0.1) is 11.5 Å². The Morgan fingerprint density at radius 3 is 3.12 bits per heavy atom. The standard InChI is InChI=1S/C8H9N5O2S/c1-12-5-6(13(14)15)8(11-12)10-4-7-9-2-3-16-7/h2-3,5H,4H2,1H3,(H,10,11). The van der Waals surface area contributed by atoms with Gasteiger partial charge in [-0.2, -0.15) is 0 Å². The molecule has 0 amide bonds. The van der Waals surface area contributed by atoms with Crippen LogP contribution >= 0.6 is 11.3 Å². The Morgan fingerprint density at radius 1 is 1.69 bits per heavy atom. The Hall–Kier alpha value is -1.96. The summed E-state index contributed by atoms with van der Waals surface area (Å²) in [7, 11) is 1.64. The molecule has 0 aliphatic carbocycles. The van der Waals surface area contributed by atoms with Gasteiger partial charge in [-0.05, 0) is 0 Å². The normalized spacial score (nSPS) is 10.3. The quantitative estimate of drug-likeness (QED) is 0.643. The number of hydrogen-bond donors (Lipinski definition) is 1. The Labute approximate surface area is 94.9 Å². The predicted octanol–water partition coefficient (Wildman–Crippen LogP) is 1.40. The average molecular weight is 239 g/mol. The number of hydrogen-bond acceptors (Lipinski definition) is 6. The fraction of sp³-hybridized carbons (Fsp3) is 0.250. The number of nitrogens with zero attached hydrogens (tertiary/aromatic N) is 4. The molecule has 0 spiro atoms. The summed E-state index contributed by atoms with van der Waals surface area (Å²) in [5.74, 6) is 0.266. The molecule has 0 radical (unpaired) electrons. The Bertz CT molecular complexity index is 493. The summed E-state index contributed by atoms with van der Waals surface area (Å²) in [6.07, 6.45) is 3.05. The van der Waals surface area contributed by atoms with Crippen LogP contribution < -0.4 is 5.32 Å². The molecule has 0 aromatic carbocycles. The Balaban J connectivity index is 2.12. The molecule has 2 aromatic rings. The lowest BCUT2D eigenvalue weighted by Gasteiger charge is -1.98. The predicted molar refractivity (Wildman–Crippen MR) is 59.3 cm³/mol. The van der Waals surface area contributed by atoms with Gasteiger partial charge in [-0.25, -0.2) is 4.98 Å². The van der Waals surface area contributed by atoms with Crippen LogP contribution in [0.2, 0.25) is 0 Å². The van der Waals surface area contributed by atoms with Crippen molar-refractivity contribution in [2.24, 2.45) is 7.05 Å². The van der Waals surface area contributed by atoms with Gasteiger partial charge in [-0.15, -0.1) is 16.4 Å². The molecule has 8 heteroatoms. The molecule has 7 nitrogen and oxygen atoms in total. The molecule has 0 saturated heterocycles. The molecule has 84 valence electrons. The van der Waals surface area contributed by atoms with Gasteiger partial charge in [0.15, 0.2) is 0 Å². The first-order valence-electron chi connectivity index (χ1n) is 4.47. The van der Waals surface area contributed by atoms with Crippen LogP contribution in [0, 0.1) is 10.1 Å². The maximum atomic E-state index is 10.7. The zero-order valence-corrected chi connectivity index (χ0v) is 9.27. The third-order valence-electron chi connectivity index (χ3n) is 1.90. The van der Waals surface area contributed by atoms with E-state index in [1.54, 1.807) is 13.2 Å². The number of anilines is 1. The Morgan fingerprint density at radius 2 is 2.50 bits per heavy atom. The highest BCUT2D eigenvalue weighted by atomic mass is 32.1. The first-order chi connectivity index (χ1) is 7.66. The minimum absolute atomic E-state index is 0.0287. The Kier molecular flexibility index (Phi) is 2.82. The van der Waals surface area contributed by atoms with Gasteiger partial charge in [-0.1, -0.05) is 0 Å². The van der Waals surface area contributed by atoms with E-state index in [-0.39, 0.29) is 11.5 Å². The molecule has 2 heterocycles. The molecular weight excluding hydrogens is 230 g/mol. The van der Waals surface area contributed by atoms with Crippen LogP contribution in [0.15, 0.2) is 17.8 Å². The van der Waals surface area contributed by atoms with Crippen molar-refractivity contribution < 1.29 is 4.92 Å². The van der Waals surface area contributed by atoms with E-state index in [1.165, 1.54) is 22.2 Å². The molecular formula is C8H9N5O2S. The molecule has 0 fully saturated rings. The molecule has 0 aliphatic heterocycles. The molecule has 2 aromatic heterocycles. The summed E-state index contributed by atoms with van der Waals surface area (Å²) < 4.78 is 1.41. The highest BCUT2D eigenvalue weighted by Gasteiger charge is 2.17. The summed E-state index contributed by atoms with van der Waals surface area (Å²) in [6, 6.07) is 0. The lowest BCUT2D eigenvalue weighted by Crippen LogP contribution is -2.02. The van der Waals surface area contributed by atoms with Crippen molar-refractivity contribution in [1.29, 1.82) is 0 Å². The lowest BCUT2D eigenvalue weighted by atomic mass is 10.5. The molecule has 0 bridgehead atoms. The summed E-state index contributed by atoms with van der Waals surface area (Å²) >= 11 is 1.49. The maximum absolute atomic E-state index is 10.7. The van der Waals surface area contributed by atoms with Crippen molar-refractivity contribution in [1.82, 2.24) is 14.8 Å². The number of nitro groups is 1. The van der Waals surface area contributed by atoms with Crippen LogP contribution in [0.3, 0.4) is 0 Å². The third kappa shape index (κ3) is 2.16. The van der Waals surface area contributed by atoms with E-state index < -0.39 is 4.92 Å². The fourth-order valence-electron chi connectivity index (χ4n) is 1.24. The summed E-state index contributed by atoms with van der Waals surface area (Å²) in [5, 5.41) is 20.3. The van der Waals surface area contributed by atoms with Crippen LogP contribution in [0.25, 0.3) is 0 Å². The number of nitrogens with one attached hydrogen (secondary N) is 1. The van der Waals surface area contributed by atoms with E-state index in [4.69, 9.17) is 0 Å². The first kappa shape index (κ1) is 10.6. The lowest BCUT2D eigenvalue weighted by molar-refractivity contribution is -0.384. The molecule has 16 heavy (non-hydrogen) atoms. The van der Waals surface area contributed by atoms with Crippen molar-refractivity contribution in [3.8, 4) is 0 Å². The van der Waals surface area contributed by atoms with Crippen molar-refractivity contribution in [2.45, 2.75) is 6.54 Å². The van der Waals surface area contributed by atoms with Crippen molar-refractivity contribution in [3.63, 3.8) is 0 Å². The molecule has 0 saturated carbocycles. The van der Waals surface area contributed by atoms with Gasteiger partial charge < -0.3 is 5.32 Å². The van der Waals surface area contributed by atoms with E-state index in [2.05, 4.69) is 15.4 Å². The van der Waals surface area contributed by atoms with E-state index in [1.807, 2.05) is 5.38 Å². The second-order valence-corrected chi connectivity index (χ2v) is 4.05. The fourth-order valence-corrected chi connectivity index (χ4v) is 1.79. The minimum atomic E-state index is -0.461. The van der Waals surface area contributed by atoms with Gasteiger partial charge in [0.25, 0.3) is 0 Å². The molecule has 2 rings (SSSR count). The van der Waals surface area contributed by atoms with Crippen LogP contribution in [0.5, 0.6) is 0 Å². The molecule has 0 aliphatic rings. The van der Waals surface area contributed by atoms with Crippen LogP contribution in [0.4, 0.5) is 11.5 Å². The van der Waals surface area contributed by atoms with Gasteiger partial charge in [0.2, 0.25) is 5.82 Å². The van der Waals surface area contributed by atoms with Gasteiger partial charge >= 0.3 is 5.69 Å².